The molecule has 1 saturated heterocycles. The van der Waals surface area contributed by atoms with Gasteiger partial charge in [0.25, 0.3) is 0 Å². The van der Waals surface area contributed by atoms with E-state index in [9.17, 15) is 13.7 Å². The Morgan fingerprint density at radius 1 is 1.21 bits per heavy atom. The summed E-state index contributed by atoms with van der Waals surface area (Å²) >= 11 is 1.52. The number of amidine groups is 1. The second kappa shape index (κ2) is 8.09. The van der Waals surface area contributed by atoms with Gasteiger partial charge in [-0.3, -0.25) is 4.99 Å². The highest BCUT2D eigenvalue weighted by Crippen LogP contribution is 2.37. The summed E-state index contributed by atoms with van der Waals surface area (Å²) in [4.78, 5) is 6.80. The first-order valence-electron chi connectivity index (χ1n) is 9.42. The van der Waals surface area contributed by atoms with Crippen LogP contribution in [-0.2, 0) is 16.4 Å². The fourth-order valence-corrected chi connectivity index (χ4v) is 7.35. The van der Waals surface area contributed by atoms with Crippen LogP contribution in [0.25, 0.3) is 0 Å². The van der Waals surface area contributed by atoms with Crippen molar-refractivity contribution >= 4 is 32.5 Å². The van der Waals surface area contributed by atoms with Crippen molar-refractivity contribution in [1.29, 1.82) is 5.26 Å². The van der Waals surface area contributed by atoms with Crippen LogP contribution >= 0.6 is 11.8 Å². The first-order valence-corrected chi connectivity index (χ1v) is 12.1. The summed E-state index contributed by atoms with van der Waals surface area (Å²) in [5.41, 5.74) is 2.45. The van der Waals surface area contributed by atoms with Gasteiger partial charge in [0.05, 0.1) is 42.3 Å². The van der Waals surface area contributed by atoms with Gasteiger partial charge in [-0.15, -0.1) is 0 Å². The van der Waals surface area contributed by atoms with Crippen LogP contribution in [0.1, 0.15) is 18.1 Å². The number of nitriles is 1. The number of anilines is 1. The van der Waals surface area contributed by atoms with Crippen molar-refractivity contribution in [3.05, 3.63) is 59.7 Å². The minimum absolute atomic E-state index is 0.0357. The highest BCUT2D eigenvalue weighted by atomic mass is 32.2. The molecule has 0 N–H and O–H groups in total. The molecule has 0 unspecified atom stereocenters. The van der Waals surface area contributed by atoms with Crippen molar-refractivity contribution in [2.75, 3.05) is 23.0 Å². The molecule has 150 valence electrons. The van der Waals surface area contributed by atoms with Crippen LogP contribution in [0.3, 0.4) is 0 Å². The number of hydrogen-bond donors (Lipinski definition) is 0. The van der Waals surface area contributed by atoms with Crippen molar-refractivity contribution < 1.29 is 13.2 Å². The molecule has 2 aliphatic heterocycles. The van der Waals surface area contributed by atoms with Crippen molar-refractivity contribution in [3.8, 4) is 11.8 Å². The first-order chi connectivity index (χ1) is 14.0. The lowest BCUT2D eigenvalue weighted by molar-refractivity contribution is 0.340. The lowest BCUT2D eigenvalue weighted by Crippen LogP contribution is -2.28. The molecule has 2 aromatic rings. The van der Waals surface area contributed by atoms with Crippen molar-refractivity contribution in [3.63, 3.8) is 0 Å². The van der Waals surface area contributed by atoms with E-state index in [0.29, 0.717) is 18.7 Å². The molecule has 0 radical (unpaired) electrons. The van der Waals surface area contributed by atoms with Crippen LogP contribution < -0.4 is 9.64 Å². The first kappa shape index (κ1) is 19.8. The van der Waals surface area contributed by atoms with Gasteiger partial charge in [0, 0.05) is 10.9 Å². The number of benzene rings is 2. The molecule has 0 aromatic heterocycles. The summed E-state index contributed by atoms with van der Waals surface area (Å²) < 4.78 is 29.4. The fourth-order valence-electron chi connectivity index (χ4n) is 3.57. The molecule has 0 amide bonds. The molecule has 2 atom stereocenters. The van der Waals surface area contributed by atoms with Crippen LogP contribution in [0, 0.1) is 11.3 Å². The molecule has 0 saturated carbocycles. The third-order valence-corrected chi connectivity index (χ3v) is 8.21. The minimum atomic E-state index is -3.01. The Morgan fingerprint density at radius 2 is 1.97 bits per heavy atom. The summed E-state index contributed by atoms with van der Waals surface area (Å²) in [6.45, 7) is 3.02. The number of aliphatic imine (C=N–C) groups is 1. The second-order valence-corrected chi connectivity index (χ2v) is 10.4. The molecule has 2 aliphatic rings. The number of sulfone groups is 1. The molecule has 2 aromatic carbocycles. The summed E-state index contributed by atoms with van der Waals surface area (Å²) in [6.07, 6.45) is 0. The third-order valence-electron chi connectivity index (χ3n) is 4.96. The summed E-state index contributed by atoms with van der Waals surface area (Å²) in [5.74, 6) is 1.07. The summed E-state index contributed by atoms with van der Waals surface area (Å²) in [6, 6.07) is 17.3. The maximum atomic E-state index is 11.9. The third kappa shape index (κ3) is 4.26. The Kier molecular flexibility index (Phi) is 5.52. The molecule has 0 aliphatic carbocycles. The van der Waals surface area contributed by atoms with Crippen molar-refractivity contribution in [2.24, 2.45) is 4.99 Å². The Morgan fingerprint density at radius 3 is 2.66 bits per heavy atom. The zero-order valence-corrected chi connectivity index (χ0v) is 17.6. The largest absolute Gasteiger partial charge is 0.494 e. The lowest BCUT2D eigenvalue weighted by atomic mass is 10.1. The van der Waals surface area contributed by atoms with Gasteiger partial charge >= 0.3 is 0 Å². The van der Waals surface area contributed by atoms with E-state index in [1.807, 2.05) is 49.4 Å². The number of hydrogen-bond acceptors (Lipinski definition) is 7. The van der Waals surface area contributed by atoms with Crippen LogP contribution in [0.4, 0.5) is 5.69 Å². The average molecular weight is 428 g/mol. The number of thioether (sulfide) groups is 1. The number of rotatable bonds is 5. The van der Waals surface area contributed by atoms with E-state index < -0.39 is 9.84 Å². The molecule has 6 nitrogen and oxygen atoms in total. The summed E-state index contributed by atoms with van der Waals surface area (Å²) in [7, 11) is -3.01. The minimum Gasteiger partial charge on any atom is -0.494 e. The quantitative estimate of drug-likeness (QED) is 0.729. The van der Waals surface area contributed by atoms with Crippen LogP contribution in [-0.4, -0.2) is 43.0 Å². The van der Waals surface area contributed by atoms with Gasteiger partial charge in [-0.2, -0.15) is 5.26 Å². The Bertz CT molecular complexity index is 1080. The van der Waals surface area contributed by atoms with E-state index in [4.69, 9.17) is 9.73 Å². The lowest BCUT2D eigenvalue weighted by Gasteiger charge is -2.25. The van der Waals surface area contributed by atoms with Crippen LogP contribution in [0.2, 0.25) is 0 Å². The smallest absolute Gasteiger partial charge is 0.164 e. The number of ether oxygens (including phenoxy) is 1. The van der Waals surface area contributed by atoms with E-state index in [-0.39, 0.29) is 22.8 Å². The molecule has 29 heavy (non-hydrogen) atoms. The number of fused-ring (bicyclic) bond motifs is 1. The normalized spacial score (nSPS) is 21.9. The maximum Gasteiger partial charge on any atom is 0.164 e. The highest BCUT2D eigenvalue weighted by molar-refractivity contribution is 8.15. The molecule has 0 spiro atoms. The van der Waals surface area contributed by atoms with Crippen LogP contribution in [0.5, 0.6) is 5.75 Å². The Labute approximate surface area is 175 Å². The topological polar surface area (TPSA) is 82.8 Å². The van der Waals surface area contributed by atoms with Gasteiger partial charge in [-0.05, 0) is 42.8 Å². The van der Waals surface area contributed by atoms with Gasteiger partial charge in [-0.1, -0.05) is 30.0 Å². The SMILES string of the molecule is CCOc1ccc(N(Cc2ccccc2C#N)C2=N[C@H]3CS(=O)(=O)C[C@@H]3S2)cc1. The van der Waals surface area contributed by atoms with E-state index in [2.05, 4.69) is 11.0 Å². The standard InChI is InChI=1S/C21H21N3O3S2/c1-2-27-18-9-7-17(8-10-18)24(12-16-6-4-3-5-15(16)11-22)21-23-19-13-29(25,26)14-20(19)28-21/h3-10,19-20H,2,12-14H2,1H3/t19-,20-/m0/s1. The zero-order valence-electron chi connectivity index (χ0n) is 16.0. The molecule has 1 fully saturated rings. The molecular formula is C21H21N3O3S2. The Balaban J connectivity index is 1.67. The van der Waals surface area contributed by atoms with E-state index >= 15 is 0 Å². The van der Waals surface area contributed by atoms with Gasteiger partial charge in [0.15, 0.2) is 15.0 Å². The zero-order chi connectivity index (χ0) is 20.4. The second-order valence-electron chi connectivity index (χ2n) is 6.99. The fraction of sp³-hybridized carbons (Fsp3) is 0.333. The Hall–Kier alpha value is -2.50. The van der Waals surface area contributed by atoms with Crippen LogP contribution in [0.15, 0.2) is 53.5 Å². The molecular weight excluding hydrogens is 406 g/mol. The van der Waals surface area contributed by atoms with E-state index in [0.717, 1.165) is 22.2 Å². The molecule has 0 bridgehead atoms. The highest BCUT2D eigenvalue weighted by Gasteiger charge is 2.44. The predicted molar refractivity (Wildman–Crippen MR) is 116 cm³/mol. The van der Waals surface area contributed by atoms with Gasteiger partial charge in [0.1, 0.15) is 5.75 Å². The van der Waals surface area contributed by atoms with E-state index in [1.54, 1.807) is 6.07 Å². The maximum absolute atomic E-state index is 11.9. The molecule has 8 heteroatoms. The molecule has 4 rings (SSSR count). The average Bonchev–Trinajstić information content (AvgIpc) is 3.20. The van der Waals surface area contributed by atoms with Gasteiger partial charge in [-0.25, -0.2) is 8.42 Å². The molecule has 2 heterocycles. The van der Waals surface area contributed by atoms with Gasteiger partial charge in [0.2, 0.25) is 0 Å². The number of nitrogens with zero attached hydrogens (tertiary/aromatic N) is 3. The monoisotopic (exact) mass is 427 g/mol. The van der Waals surface area contributed by atoms with E-state index in [1.165, 1.54) is 11.8 Å². The summed E-state index contributed by atoms with van der Waals surface area (Å²) in [5, 5.41) is 10.2. The van der Waals surface area contributed by atoms with Gasteiger partial charge < -0.3 is 9.64 Å². The predicted octanol–water partition coefficient (Wildman–Crippen LogP) is 3.23. The van der Waals surface area contributed by atoms with Crippen molar-refractivity contribution in [2.45, 2.75) is 24.8 Å². The van der Waals surface area contributed by atoms with Crippen molar-refractivity contribution in [1.82, 2.24) is 0 Å².